The first-order chi connectivity index (χ1) is 29.9. The molecule has 2 atom stereocenters. The number of benzene rings is 5. The molecule has 5 aromatic carbocycles. The zero-order valence-electron chi connectivity index (χ0n) is 35.7. The summed E-state index contributed by atoms with van der Waals surface area (Å²) in [4.78, 5) is 26.7. The normalized spacial score (nSPS) is 12.5. The molecule has 0 radical (unpaired) electrons. The number of aliphatic hydroxyl groups excluding tert-OH is 2. The van der Waals surface area contributed by atoms with Crippen molar-refractivity contribution >= 4 is 11.9 Å². The molecule has 0 saturated heterocycles. The molecule has 0 aromatic heterocycles. The van der Waals surface area contributed by atoms with E-state index in [1.54, 1.807) is 0 Å². The number of nitrogens with zero attached hydrogens (tertiary/aromatic N) is 1. The highest BCUT2D eigenvalue weighted by Crippen LogP contribution is 2.40. The molecule has 5 aromatic rings. The molecule has 0 aliphatic heterocycles. The number of hydrogen-bond donors (Lipinski definition) is 2. The third-order valence-corrected chi connectivity index (χ3v) is 11.0. The minimum absolute atomic E-state index is 0.204. The molecule has 0 bridgehead atoms. The zero-order valence-corrected chi connectivity index (χ0v) is 35.7. The predicted molar refractivity (Wildman–Crippen MR) is 241 cm³/mol. The summed E-state index contributed by atoms with van der Waals surface area (Å²) < 4.78 is 17.8. The fraction of sp³-hybridized carbons (Fsp3) is 0.396. The van der Waals surface area contributed by atoms with Gasteiger partial charge in [0.15, 0.2) is 0 Å². The summed E-state index contributed by atoms with van der Waals surface area (Å²) in [6, 6.07) is 50.5. The topological polar surface area (TPSA) is 106 Å². The number of rotatable bonds is 29. The van der Waals surface area contributed by atoms with Crippen LogP contribution in [0.1, 0.15) is 105 Å². The van der Waals surface area contributed by atoms with Crippen LogP contribution in [0.2, 0.25) is 0 Å². The van der Waals surface area contributed by atoms with Crippen molar-refractivity contribution in [2.75, 3.05) is 26.2 Å². The Labute approximate surface area is 363 Å². The Balaban J connectivity index is 1.10. The van der Waals surface area contributed by atoms with Crippen molar-refractivity contribution in [3.8, 4) is 0 Å². The molecule has 324 valence electrons. The summed E-state index contributed by atoms with van der Waals surface area (Å²) in [6.45, 7) is 2.68. The number of esters is 2. The Kier molecular flexibility index (Phi) is 20.7. The monoisotopic (exact) mass is 827 g/mol. The van der Waals surface area contributed by atoms with E-state index in [2.05, 4.69) is 77.7 Å². The van der Waals surface area contributed by atoms with E-state index in [9.17, 15) is 19.8 Å². The first-order valence-corrected chi connectivity index (χ1v) is 22.2. The molecule has 2 unspecified atom stereocenters. The van der Waals surface area contributed by atoms with Gasteiger partial charge in [-0.2, -0.15) is 0 Å². The fourth-order valence-electron chi connectivity index (χ4n) is 7.74. The number of carbonyl (C=O) groups is 2. The average Bonchev–Trinajstić information content (AvgIpc) is 3.30. The van der Waals surface area contributed by atoms with Gasteiger partial charge in [-0.05, 0) is 72.9 Å². The first kappa shape index (κ1) is 46.9. The van der Waals surface area contributed by atoms with Gasteiger partial charge in [0, 0.05) is 32.5 Å². The Bertz CT molecular complexity index is 1740. The zero-order chi connectivity index (χ0) is 42.8. The van der Waals surface area contributed by atoms with Gasteiger partial charge in [0.2, 0.25) is 0 Å². The Hall–Kier alpha value is -5.12. The van der Waals surface area contributed by atoms with Crippen molar-refractivity contribution < 1.29 is 34.0 Å². The van der Waals surface area contributed by atoms with E-state index in [1.807, 2.05) is 78.9 Å². The standard InChI is InChI=1S/C53H65NO7/c55-49(34-18-6-20-36-51(57)59-42-44-24-8-1-9-25-44)40-54(41-50(56)35-19-7-21-37-52(58)60-43-45-26-10-2-11-27-45)38-22-23-39-61-53(46-28-12-3-13-29-46,47-30-14-4-15-31-47)48-32-16-5-17-33-48/h1-5,8-17,24-33,49-50,55-56H,6-7,18-23,34-43H2. The van der Waals surface area contributed by atoms with E-state index in [1.165, 1.54) is 0 Å². The lowest BCUT2D eigenvalue weighted by Crippen LogP contribution is -2.39. The highest BCUT2D eigenvalue weighted by atomic mass is 16.5. The molecule has 2 N–H and O–H groups in total. The van der Waals surface area contributed by atoms with Gasteiger partial charge in [0.25, 0.3) is 0 Å². The number of aliphatic hydroxyl groups is 2. The van der Waals surface area contributed by atoms with Crippen molar-refractivity contribution in [3.63, 3.8) is 0 Å². The van der Waals surface area contributed by atoms with Crippen molar-refractivity contribution in [1.82, 2.24) is 4.90 Å². The molecular formula is C53H65NO7. The lowest BCUT2D eigenvalue weighted by molar-refractivity contribution is -0.146. The van der Waals surface area contributed by atoms with Gasteiger partial charge in [0.05, 0.1) is 12.2 Å². The molecule has 0 saturated carbocycles. The summed E-state index contributed by atoms with van der Waals surface area (Å²) in [6.07, 6.45) is 7.11. The lowest BCUT2D eigenvalue weighted by Gasteiger charge is -2.36. The molecule has 0 aliphatic carbocycles. The summed E-state index contributed by atoms with van der Waals surface area (Å²) >= 11 is 0. The maximum atomic E-state index is 12.3. The van der Waals surface area contributed by atoms with Crippen LogP contribution >= 0.6 is 0 Å². The number of carbonyl (C=O) groups excluding carboxylic acids is 2. The van der Waals surface area contributed by atoms with Crippen LogP contribution in [-0.2, 0) is 42.6 Å². The van der Waals surface area contributed by atoms with Gasteiger partial charge in [-0.25, -0.2) is 0 Å². The summed E-state index contributed by atoms with van der Waals surface area (Å²) in [5.41, 5.74) is 4.35. The van der Waals surface area contributed by atoms with Gasteiger partial charge in [0.1, 0.15) is 18.8 Å². The second-order valence-electron chi connectivity index (χ2n) is 15.9. The second-order valence-corrected chi connectivity index (χ2v) is 15.9. The number of hydrogen-bond acceptors (Lipinski definition) is 8. The van der Waals surface area contributed by atoms with E-state index in [0.29, 0.717) is 64.8 Å². The van der Waals surface area contributed by atoms with Gasteiger partial charge in [-0.1, -0.05) is 177 Å². The minimum atomic E-state index is -0.785. The highest BCUT2D eigenvalue weighted by molar-refractivity contribution is 5.69. The molecular weight excluding hydrogens is 763 g/mol. The van der Waals surface area contributed by atoms with Crippen LogP contribution in [0.25, 0.3) is 0 Å². The highest BCUT2D eigenvalue weighted by Gasteiger charge is 2.37. The molecule has 8 heteroatoms. The van der Waals surface area contributed by atoms with E-state index < -0.39 is 17.8 Å². The van der Waals surface area contributed by atoms with E-state index in [0.717, 1.165) is 66.3 Å². The first-order valence-electron chi connectivity index (χ1n) is 22.2. The smallest absolute Gasteiger partial charge is 0.306 e. The van der Waals surface area contributed by atoms with Gasteiger partial charge in [-0.15, -0.1) is 0 Å². The van der Waals surface area contributed by atoms with E-state index in [-0.39, 0.29) is 25.2 Å². The van der Waals surface area contributed by atoms with Gasteiger partial charge < -0.3 is 24.4 Å². The largest absolute Gasteiger partial charge is 0.461 e. The number of unbranched alkanes of at least 4 members (excludes halogenated alkanes) is 5. The Morgan fingerprint density at radius 2 is 0.852 bits per heavy atom. The molecule has 0 heterocycles. The SMILES string of the molecule is O=C(CCCCCC(O)CN(CCCCOC(c1ccccc1)(c1ccccc1)c1ccccc1)CC(O)CCCCCC(=O)OCc1ccccc1)OCc1ccccc1. The molecule has 0 spiro atoms. The third kappa shape index (κ3) is 16.7. The predicted octanol–water partition coefficient (Wildman–Crippen LogP) is 10.2. The van der Waals surface area contributed by atoms with Crippen molar-refractivity contribution in [2.45, 2.75) is 108 Å². The minimum Gasteiger partial charge on any atom is -0.461 e. The fourth-order valence-corrected chi connectivity index (χ4v) is 7.74. The van der Waals surface area contributed by atoms with Crippen LogP contribution in [0.3, 0.4) is 0 Å². The van der Waals surface area contributed by atoms with Crippen molar-refractivity contribution in [1.29, 1.82) is 0 Å². The molecule has 0 amide bonds. The van der Waals surface area contributed by atoms with E-state index in [4.69, 9.17) is 14.2 Å². The number of ether oxygens (including phenoxy) is 3. The van der Waals surface area contributed by atoms with Crippen molar-refractivity contribution in [2.24, 2.45) is 0 Å². The van der Waals surface area contributed by atoms with Crippen LogP contribution in [0.5, 0.6) is 0 Å². The second kappa shape index (κ2) is 27.0. The molecule has 61 heavy (non-hydrogen) atoms. The summed E-state index contributed by atoms with van der Waals surface area (Å²) in [5.74, 6) is -0.407. The van der Waals surface area contributed by atoms with Crippen molar-refractivity contribution in [3.05, 3.63) is 179 Å². The lowest BCUT2D eigenvalue weighted by atomic mass is 9.80. The maximum absolute atomic E-state index is 12.3. The van der Waals surface area contributed by atoms with Crippen LogP contribution < -0.4 is 0 Å². The van der Waals surface area contributed by atoms with Gasteiger partial charge >= 0.3 is 11.9 Å². The average molecular weight is 828 g/mol. The molecule has 0 aliphatic rings. The van der Waals surface area contributed by atoms with Gasteiger partial charge in [-0.3, -0.25) is 14.5 Å². The molecule has 5 rings (SSSR count). The van der Waals surface area contributed by atoms with E-state index >= 15 is 0 Å². The van der Waals surface area contributed by atoms with Crippen LogP contribution in [0.4, 0.5) is 0 Å². The van der Waals surface area contributed by atoms with Crippen LogP contribution in [0.15, 0.2) is 152 Å². The Morgan fingerprint density at radius 1 is 0.475 bits per heavy atom. The molecule has 8 nitrogen and oxygen atoms in total. The summed E-state index contributed by atoms with van der Waals surface area (Å²) in [7, 11) is 0. The quantitative estimate of drug-likeness (QED) is 0.0279. The molecule has 0 fully saturated rings. The summed E-state index contributed by atoms with van der Waals surface area (Å²) in [5, 5.41) is 22.3. The van der Waals surface area contributed by atoms with Crippen LogP contribution in [-0.4, -0.2) is 65.5 Å². The van der Waals surface area contributed by atoms with Crippen LogP contribution in [0, 0.1) is 0 Å². The maximum Gasteiger partial charge on any atom is 0.306 e. The Morgan fingerprint density at radius 3 is 1.25 bits per heavy atom. The third-order valence-electron chi connectivity index (χ3n) is 11.0.